The molecule has 30 heavy (non-hydrogen) atoms. The number of phenols is 1. The fourth-order valence-corrected chi connectivity index (χ4v) is 3.30. The molecule has 4 rings (SSSR count). The van der Waals surface area contributed by atoms with E-state index in [1.54, 1.807) is 13.8 Å². The number of nitrogens with zero attached hydrogens (tertiary/aromatic N) is 3. The van der Waals surface area contributed by atoms with Gasteiger partial charge in [0, 0.05) is 0 Å². The number of hydrogen-bond acceptors (Lipinski definition) is 6. The molecule has 0 saturated heterocycles. The number of aryl methyl sites for hydroxylation is 4. The third kappa shape index (κ3) is 3.67. The Kier molecular flexibility index (Phi) is 4.83. The summed E-state index contributed by atoms with van der Waals surface area (Å²) in [4.78, 5) is 21.2. The number of benzene rings is 2. The number of aromatic hydroxyl groups is 1. The molecule has 0 spiro atoms. The maximum absolute atomic E-state index is 12.3. The molecule has 0 saturated carbocycles. The van der Waals surface area contributed by atoms with Gasteiger partial charge in [0.25, 0.3) is 0 Å². The summed E-state index contributed by atoms with van der Waals surface area (Å²) in [6, 6.07) is 9.14. The summed E-state index contributed by atoms with van der Waals surface area (Å²) >= 11 is 0. The number of nitrogens with one attached hydrogen (secondary N) is 2. The van der Waals surface area contributed by atoms with Crippen molar-refractivity contribution in [3.8, 4) is 16.9 Å². The molecule has 0 fully saturated rings. The van der Waals surface area contributed by atoms with Gasteiger partial charge in [-0.25, -0.2) is 9.78 Å². The van der Waals surface area contributed by atoms with E-state index in [-0.39, 0.29) is 0 Å². The molecule has 152 valence electrons. The fourth-order valence-electron chi connectivity index (χ4n) is 3.30. The Morgan fingerprint density at radius 2 is 1.70 bits per heavy atom. The highest BCUT2D eigenvalue weighted by atomic mass is 16.5. The zero-order valence-electron chi connectivity index (χ0n) is 17.1. The summed E-state index contributed by atoms with van der Waals surface area (Å²) in [6.45, 7) is 7.20. The van der Waals surface area contributed by atoms with Gasteiger partial charge in [-0.3, -0.25) is 10.3 Å². The SMILES string of the molecule is Cc1cc(-c2ccc3ncc(NC(=O)Nc4c(C)noc4C)nc3c2)cc(C)c1O. The minimum Gasteiger partial charge on any atom is -0.507 e. The summed E-state index contributed by atoms with van der Waals surface area (Å²) < 4.78 is 5.05. The lowest BCUT2D eigenvalue weighted by atomic mass is 9.99. The molecule has 3 N–H and O–H groups in total. The standard InChI is InChI=1S/C22H21N5O3/c1-11-7-16(8-12(2)21(11)28)15-5-6-17-18(9-15)24-19(10-23-17)25-22(29)26-20-13(3)27-30-14(20)4/h5-10,28H,1-4H3,(H2,24,25,26,29). The number of phenolic OH excluding ortho intramolecular Hbond substituents is 1. The molecule has 2 aromatic carbocycles. The van der Waals surface area contributed by atoms with E-state index in [0.717, 1.165) is 22.3 Å². The minimum atomic E-state index is -0.459. The number of rotatable bonds is 3. The Labute approximate surface area is 173 Å². The van der Waals surface area contributed by atoms with Crippen LogP contribution in [0.2, 0.25) is 0 Å². The van der Waals surface area contributed by atoms with E-state index in [2.05, 4.69) is 25.8 Å². The number of urea groups is 1. The second kappa shape index (κ2) is 7.47. The molecule has 8 heteroatoms. The van der Waals surface area contributed by atoms with Crippen molar-refractivity contribution >= 4 is 28.6 Å². The maximum atomic E-state index is 12.3. The van der Waals surface area contributed by atoms with E-state index in [1.807, 2.05) is 44.2 Å². The van der Waals surface area contributed by atoms with E-state index >= 15 is 0 Å². The molecule has 0 aliphatic rings. The Balaban J connectivity index is 1.61. The first-order valence-electron chi connectivity index (χ1n) is 9.40. The van der Waals surface area contributed by atoms with E-state index < -0.39 is 6.03 Å². The molecule has 8 nitrogen and oxygen atoms in total. The van der Waals surface area contributed by atoms with Gasteiger partial charge in [-0.05, 0) is 74.2 Å². The molecule has 2 heterocycles. The highest BCUT2D eigenvalue weighted by Gasteiger charge is 2.13. The summed E-state index contributed by atoms with van der Waals surface area (Å²) in [6.07, 6.45) is 1.50. The van der Waals surface area contributed by atoms with E-state index in [1.165, 1.54) is 6.20 Å². The summed E-state index contributed by atoms with van der Waals surface area (Å²) in [5, 5.41) is 19.2. The third-order valence-electron chi connectivity index (χ3n) is 4.88. The van der Waals surface area contributed by atoms with Crippen molar-refractivity contribution in [2.45, 2.75) is 27.7 Å². The van der Waals surface area contributed by atoms with E-state index in [4.69, 9.17) is 4.52 Å². The Morgan fingerprint density at radius 3 is 2.37 bits per heavy atom. The van der Waals surface area contributed by atoms with Crippen LogP contribution in [0, 0.1) is 27.7 Å². The van der Waals surface area contributed by atoms with E-state index in [0.29, 0.717) is 39.7 Å². The summed E-state index contributed by atoms with van der Waals surface area (Å²) in [5.41, 5.74) is 6.01. The first kappa shape index (κ1) is 19.4. The Morgan fingerprint density at radius 1 is 0.967 bits per heavy atom. The van der Waals surface area contributed by atoms with Crippen LogP contribution in [-0.2, 0) is 0 Å². The highest BCUT2D eigenvalue weighted by Crippen LogP contribution is 2.30. The average molecular weight is 403 g/mol. The number of amides is 2. The predicted octanol–water partition coefficient (Wildman–Crippen LogP) is 4.87. The number of aromatic nitrogens is 3. The van der Waals surface area contributed by atoms with Gasteiger partial charge < -0.3 is 14.9 Å². The van der Waals surface area contributed by atoms with Crippen molar-refractivity contribution in [3.05, 3.63) is 59.1 Å². The average Bonchev–Trinajstić information content (AvgIpc) is 3.03. The van der Waals surface area contributed by atoms with Gasteiger partial charge in [-0.1, -0.05) is 11.2 Å². The lowest BCUT2D eigenvalue weighted by molar-refractivity contribution is 0.262. The van der Waals surface area contributed by atoms with Crippen LogP contribution < -0.4 is 10.6 Å². The van der Waals surface area contributed by atoms with Crippen LogP contribution >= 0.6 is 0 Å². The van der Waals surface area contributed by atoms with Crippen LogP contribution in [0.25, 0.3) is 22.2 Å². The van der Waals surface area contributed by atoms with Gasteiger partial charge in [0.15, 0.2) is 11.6 Å². The molecular formula is C22H21N5O3. The van der Waals surface area contributed by atoms with Crippen molar-refractivity contribution in [1.29, 1.82) is 0 Å². The van der Waals surface area contributed by atoms with Crippen LogP contribution in [-0.4, -0.2) is 26.3 Å². The van der Waals surface area contributed by atoms with Crippen LogP contribution in [0.4, 0.5) is 16.3 Å². The maximum Gasteiger partial charge on any atom is 0.325 e. The minimum absolute atomic E-state index is 0.301. The van der Waals surface area contributed by atoms with Crippen molar-refractivity contribution in [2.75, 3.05) is 10.6 Å². The van der Waals surface area contributed by atoms with Crippen molar-refractivity contribution < 1.29 is 14.4 Å². The van der Waals surface area contributed by atoms with Crippen molar-refractivity contribution in [1.82, 2.24) is 15.1 Å². The van der Waals surface area contributed by atoms with E-state index in [9.17, 15) is 9.90 Å². The Hall–Kier alpha value is -3.94. The van der Waals surface area contributed by atoms with Crippen molar-refractivity contribution in [2.24, 2.45) is 0 Å². The number of fused-ring (bicyclic) bond motifs is 1. The number of hydrogen-bond donors (Lipinski definition) is 3. The normalized spacial score (nSPS) is 10.9. The molecule has 4 aromatic rings. The van der Waals surface area contributed by atoms with Crippen LogP contribution in [0.15, 0.2) is 41.1 Å². The first-order valence-corrected chi connectivity index (χ1v) is 9.40. The highest BCUT2D eigenvalue weighted by molar-refractivity contribution is 6.00. The number of carbonyl (C=O) groups is 1. The monoisotopic (exact) mass is 403 g/mol. The zero-order valence-corrected chi connectivity index (χ0v) is 17.1. The smallest absolute Gasteiger partial charge is 0.325 e. The summed E-state index contributed by atoms with van der Waals surface area (Å²) in [7, 11) is 0. The molecule has 2 aromatic heterocycles. The molecule has 0 unspecified atom stereocenters. The van der Waals surface area contributed by atoms with Crippen LogP contribution in [0.3, 0.4) is 0 Å². The topological polar surface area (TPSA) is 113 Å². The Bertz CT molecular complexity index is 1240. The van der Waals surface area contributed by atoms with Crippen LogP contribution in [0.1, 0.15) is 22.6 Å². The largest absolute Gasteiger partial charge is 0.507 e. The zero-order chi connectivity index (χ0) is 21.4. The third-order valence-corrected chi connectivity index (χ3v) is 4.88. The molecular weight excluding hydrogens is 382 g/mol. The molecule has 0 aliphatic heterocycles. The van der Waals surface area contributed by atoms with Gasteiger partial charge in [0.05, 0.1) is 17.2 Å². The van der Waals surface area contributed by atoms with Gasteiger partial charge in [0.2, 0.25) is 0 Å². The fraction of sp³-hybridized carbons (Fsp3) is 0.182. The quantitative estimate of drug-likeness (QED) is 0.450. The molecule has 0 radical (unpaired) electrons. The molecule has 0 atom stereocenters. The number of anilines is 2. The molecule has 0 bridgehead atoms. The van der Waals surface area contributed by atoms with Gasteiger partial charge >= 0.3 is 6.03 Å². The predicted molar refractivity (Wildman–Crippen MR) is 115 cm³/mol. The molecule has 0 aliphatic carbocycles. The van der Waals surface area contributed by atoms with Crippen molar-refractivity contribution in [3.63, 3.8) is 0 Å². The van der Waals surface area contributed by atoms with Gasteiger partial charge in [-0.2, -0.15) is 0 Å². The lowest BCUT2D eigenvalue weighted by Gasteiger charge is -2.10. The second-order valence-electron chi connectivity index (χ2n) is 7.20. The second-order valence-corrected chi connectivity index (χ2v) is 7.20. The van der Waals surface area contributed by atoms with Gasteiger partial charge in [-0.15, -0.1) is 0 Å². The number of carbonyl (C=O) groups excluding carboxylic acids is 1. The lowest BCUT2D eigenvalue weighted by Crippen LogP contribution is -2.20. The van der Waals surface area contributed by atoms with Crippen LogP contribution in [0.5, 0.6) is 5.75 Å². The molecule has 2 amide bonds. The first-order chi connectivity index (χ1) is 14.3. The van der Waals surface area contributed by atoms with Gasteiger partial charge in [0.1, 0.15) is 17.1 Å². The summed E-state index contributed by atoms with van der Waals surface area (Å²) in [5.74, 6) is 1.15.